The molecule has 3 heterocycles. The van der Waals surface area contributed by atoms with Crippen LogP contribution in [0.5, 0.6) is 0 Å². The van der Waals surface area contributed by atoms with E-state index in [4.69, 9.17) is 11.5 Å². The summed E-state index contributed by atoms with van der Waals surface area (Å²) in [6, 6.07) is 7.98. The molecule has 0 unspecified atom stereocenters. The van der Waals surface area contributed by atoms with Gasteiger partial charge in [0.2, 0.25) is 0 Å². The number of pyridine rings is 1. The van der Waals surface area contributed by atoms with Gasteiger partial charge in [-0.1, -0.05) is 6.07 Å². The van der Waals surface area contributed by atoms with Gasteiger partial charge in [0.1, 0.15) is 17.2 Å². The Balaban J connectivity index is 1.82. The third kappa shape index (κ3) is 3.55. The Bertz CT molecular complexity index is 1220. The smallest absolute Gasteiger partial charge is 0.411 e. The second-order valence-corrected chi connectivity index (χ2v) is 6.34. The van der Waals surface area contributed by atoms with Gasteiger partial charge in [-0.05, 0) is 29.8 Å². The lowest BCUT2D eigenvalue weighted by molar-refractivity contribution is 0.187. The van der Waals surface area contributed by atoms with Gasteiger partial charge in [0.05, 0.1) is 19.2 Å². The lowest BCUT2D eigenvalue weighted by Crippen LogP contribution is -2.16. The van der Waals surface area contributed by atoms with Crippen LogP contribution in [0.4, 0.5) is 26.5 Å². The summed E-state index contributed by atoms with van der Waals surface area (Å²) in [5.74, 6) is -0.374. The van der Waals surface area contributed by atoms with Gasteiger partial charge in [0.15, 0.2) is 17.5 Å². The first-order valence-corrected chi connectivity index (χ1v) is 8.79. The summed E-state index contributed by atoms with van der Waals surface area (Å²) in [5, 5.41) is 7.55. The Morgan fingerprint density at radius 2 is 2.00 bits per heavy atom. The number of carbonyl (C=O) groups is 1. The minimum absolute atomic E-state index is 0.0377. The van der Waals surface area contributed by atoms with Crippen LogP contribution in [-0.2, 0) is 11.3 Å². The van der Waals surface area contributed by atoms with Crippen LogP contribution in [0, 0.1) is 5.82 Å². The summed E-state index contributed by atoms with van der Waals surface area (Å²) in [5.41, 5.74) is 13.8. The lowest BCUT2D eigenvalue weighted by Gasteiger charge is -2.10. The first kappa shape index (κ1) is 19.1. The van der Waals surface area contributed by atoms with E-state index in [1.165, 1.54) is 19.2 Å². The highest BCUT2D eigenvalue weighted by atomic mass is 19.1. The Hall–Kier alpha value is -4.28. The van der Waals surface area contributed by atoms with Crippen molar-refractivity contribution in [2.45, 2.75) is 6.54 Å². The number of rotatable bonds is 4. The number of halogens is 1. The SMILES string of the molecule is COC(=O)Nc1c(N)nc(-c2nn(Cc3cccnc3)c3cc(F)ccc23)nc1N. The fraction of sp³-hybridized carbons (Fsp3) is 0.105. The van der Waals surface area contributed by atoms with E-state index in [9.17, 15) is 9.18 Å². The standard InChI is InChI=1S/C19H17FN8O2/c1-30-19(29)24-15-16(21)25-18(26-17(15)22)14-12-5-4-11(20)7-13(12)28(27-14)9-10-3-2-6-23-8-10/h2-8H,9H2,1H3,(H,24,29)(H4,21,22,25,26). The number of nitrogens with two attached hydrogens (primary N) is 2. The van der Waals surface area contributed by atoms with E-state index in [1.807, 2.05) is 6.07 Å². The van der Waals surface area contributed by atoms with E-state index in [0.29, 0.717) is 23.1 Å². The molecule has 0 aliphatic rings. The number of nitrogen functional groups attached to an aromatic ring is 2. The zero-order chi connectivity index (χ0) is 21.3. The molecule has 10 nitrogen and oxygen atoms in total. The van der Waals surface area contributed by atoms with Crippen LogP contribution in [0.3, 0.4) is 0 Å². The zero-order valence-corrected chi connectivity index (χ0v) is 15.8. The van der Waals surface area contributed by atoms with Gasteiger partial charge in [-0.15, -0.1) is 0 Å². The van der Waals surface area contributed by atoms with Crippen molar-refractivity contribution in [1.29, 1.82) is 0 Å². The first-order valence-electron chi connectivity index (χ1n) is 8.79. The van der Waals surface area contributed by atoms with Crippen LogP contribution in [0.1, 0.15) is 5.56 Å². The van der Waals surface area contributed by atoms with Crippen LogP contribution < -0.4 is 16.8 Å². The van der Waals surface area contributed by atoms with E-state index in [0.717, 1.165) is 5.56 Å². The number of hydrogen-bond acceptors (Lipinski definition) is 8. The minimum atomic E-state index is -0.758. The second-order valence-electron chi connectivity index (χ2n) is 6.34. The summed E-state index contributed by atoms with van der Waals surface area (Å²) in [7, 11) is 1.21. The van der Waals surface area contributed by atoms with Gasteiger partial charge in [-0.25, -0.2) is 19.2 Å². The van der Waals surface area contributed by atoms with Crippen molar-refractivity contribution in [3.63, 3.8) is 0 Å². The largest absolute Gasteiger partial charge is 0.453 e. The molecule has 4 aromatic rings. The average Bonchev–Trinajstić information content (AvgIpc) is 3.08. The van der Waals surface area contributed by atoms with E-state index >= 15 is 0 Å². The molecule has 0 aliphatic carbocycles. The number of hydrogen-bond donors (Lipinski definition) is 3. The highest BCUT2D eigenvalue weighted by Crippen LogP contribution is 2.31. The highest BCUT2D eigenvalue weighted by Gasteiger charge is 2.20. The number of nitrogens with one attached hydrogen (secondary N) is 1. The van der Waals surface area contributed by atoms with Crippen molar-refractivity contribution in [1.82, 2.24) is 24.7 Å². The molecule has 0 radical (unpaired) electrons. The Morgan fingerprint density at radius 3 is 2.67 bits per heavy atom. The molecule has 1 aromatic carbocycles. The number of methoxy groups -OCH3 is 1. The van der Waals surface area contributed by atoms with Crippen molar-refractivity contribution in [2.24, 2.45) is 0 Å². The summed E-state index contributed by atoms with van der Waals surface area (Å²) >= 11 is 0. The first-order chi connectivity index (χ1) is 14.5. The van der Waals surface area contributed by atoms with Crippen LogP contribution >= 0.6 is 0 Å². The maximum Gasteiger partial charge on any atom is 0.411 e. The lowest BCUT2D eigenvalue weighted by atomic mass is 10.2. The molecule has 5 N–H and O–H groups in total. The van der Waals surface area contributed by atoms with E-state index < -0.39 is 11.9 Å². The molecule has 0 atom stereocenters. The highest BCUT2D eigenvalue weighted by molar-refractivity contribution is 5.95. The quantitative estimate of drug-likeness (QED) is 0.466. The fourth-order valence-corrected chi connectivity index (χ4v) is 2.98. The minimum Gasteiger partial charge on any atom is -0.453 e. The van der Waals surface area contributed by atoms with Crippen molar-refractivity contribution >= 4 is 34.3 Å². The maximum atomic E-state index is 13.9. The molecule has 152 valence electrons. The molecule has 0 saturated carbocycles. The van der Waals surface area contributed by atoms with Crippen LogP contribution in [0.2, 0.25) is 0 Å². The Labute approximate surface area is 169 Å². The summed E-state index contributed by atoms with van der Waals surface area (Å²) in [6.07, 6.45) is 2.61. The number of nitrogens with zero attached hydrogens (tertiary/aromatic N) is 5. The molecule has 0 bridgehead atoms. The van der Waals surface area contributed by atoms with Gasteiger partial charge in [0.25, 0.3) is 0 Å². The number of fused-ring (bicyclic) bond motifs is 1. The molecule has 11 heteroatoms. The molecule has 0 spiro atoms. The molecular weight excluding hydrogens is 391 g/mol. The topological polar surface area (TPSA) is 147 Å². The molecule has 0 fully saturated rings. The number of anilines is 3. The van der Waals surface area contributed by atoms with Crippen molar-refractivity contribution < 1.29 is 13.9 Å². The monoisotopic (exact) mass is 408 g/mol. The average molecular weight is 408 g/mol. The third-order valence-electron chi connectivity index (χ3n) is 4.36. The number of carbonyl (C=O) groups excluding carboxylic acids is 1. The predicted octanol–water partition coefficient (Wildman–Crippen LogP) is 2.42. The van der Waals surface area contributed by atoms with Crippen molar-refractivity contribution in [3.8, 4) is 11.5 Å². The molecule has 0 aliphatic heterocycles. The molecule has 1 amide bonds. The van der Waals surface area contributed by atoms with Crippen molar-refractivity contribution in [2.75, 3.05) is 23.9 Å². The van der Waals surface area contributed by atoms with E-state index in [-0.39, 0.29) is 23.1 Å². The number of amides is 1. The molecular formula is C19H17FN8O2. The molecule has 4 rings (SSSR count). The van der Waals surface area contributed by atoms with Gasteiger partial charge in [-0.3, -0.25) is 15.0 Å². The number of benzene rings is 1. The Kier molecular flexibility index (Phi) is 4.84. The summed E-state index contributed by atoms with van der Waals surface area (Å²) in [4.78, 5) is 24.0. The third-order valence-corrected chi connectivity index (χ3v) is 4.36. The van der Waals surface area contributed by atoms with Gasteiger partial charge in [0, 0.05) is 17.8 Å². The van der Waals surface area contributed by atoms with Gasteiger partial charge < -0.3 is 16.2 Å². The molecule has 0 saturated heterocycles. The van der Waals surface area contributed by atoms with Crippen LogP contribution in [-0.4, -0.2) is 37.9 Å². The Morgan fingerprint density at radius 1 is 1.23 bits per heavy atom. The predicted molar refractivity (Wildman–Crippen MR) is 109 cm³/mol. The fourth-order valence-electron chi connectivity index (χ4n) is 2.98. The molecule has 3 aromatic heterocycles. The molecule has 30 heavy (non-hydrogen) atoms. The van der Waals surface area contributed by atoms with Crippen LogP contribution in [0.25, 0.3) is 22.4 Å². The normalized spacial score (nSPS) is 10.9. The van der Waals surface area contributed by atoms with Crippen LogP contribution in [0.15, 0.2) is 42.7 Å². The summed E-state index contributed by atoms with van der Waals surface area (Å²) in [6.45, 7) is 0.362. The number of aromatic nitrogens is 5. The van der Waals surface area contributed by atoms with Gasteiger partial charge >= 0.3 is 6.09 Å². The maximum absolute atomic E-state index is 13.9. The zero-order valence-electron chi connectivity index (χ0n) is 15.8. The van der Waals surface area contributed by atoms with E-state index in [1.54, 1.807) is 29.2 Å². The second kappa shape index (κ2) is 7.62. The van der Waals surface area contributed by atoms with E-state index in [2.05, 4.69) is 30.1 Å². The summed E-state index contributed by atoms with van der Waals surface area (Å²) < 4.78 is 20.1. The van der Waals surface area contributed by atoms with Gasteiger partial charge in [-0.2, -0.15) is 5.10 Å². The number of ether oxygens (including phenoxy) is 1. The van der Waals surface area contributed by atoms with Crippen molar-refractivity contribution in [3.05, 3.63) is 54.1 Å².